The third kappa shape index (κ3) is 5.04. The number of halogens is 1. The Balaban J connectivity index is 1.59. The van der Waals surface area contributed by atoms with Gasteiger partial charge in [-0.05, 0) is 60.7 Å². The minimum absolute atomic E-state index is 0.0466. The van der Waals surface area contributed by atoms with Crippen molar-refractivity contribution < 1.29 is 9.53 Å². The van der Waals surface area contributed by atoms with E-state index in [1.54, 1.807) is 12.3 Å². The fourth-order valence-electron chi connectivity index (χ4n) is 4.31. The number of hydrogen-bond donors (Lipinski definition) is 1. The van der Waals surface area contributed by atoms with Crippen LogP contribution in [-0.4, -0.2) is 33.9 Å². The van der Waals surface area contributed by atoms with Crippen LogP contribution in [0.25, 0.3) is 22.2 Å². The van der Waals surface area contributed by atoms with Crippen LogP contribution >= 0.6 is 11.6 Å². The summed E-state index contributed by atoms with van der Waals surface area (Å²) >= 11 is 6.39. The fourth-order valence-corrected chi connectivity index (χ4v) is 4.54. The molecule has 0 spiro atoms. The van der Waals surface area contributed by atoms with E-state index in [2.05, 4.69) is 36.3 Å². The topological polar surface area (TPSA) is 77.0 Å². The lowest BCUT2D eigenvalue weighted by atomic mass is 9.95. The van der Waals surface area contributed by atoms with Gasteiger partial charge in [0.05, 0.1) is 16.2 Å². The van der Waals surface area contributed by atoms with Gasteiger partial charge in [0.25, 0.3) is 0 Å². The Morgan fingerprint density at radius 2 is 1.83 bits per heavy atom. The van der Waals surface area contributed by atoms with Crippen molar-refractivity contribution in [1.29, 1.82) is 0 Å². The Kier molecular flexibility index (Phi) is 6.75. The van der Waals surface area contributed by atoms with Crippen LogP contribution in [0.1, 0.15) is 48.8 Å². The molecule has 0 unspecified atom stereocenters. The molecule has 7 heteroatoms. The number of pyridine rings is 1. The van der Waals surface area contributed by atoms with Gasteiger partial charge in [-0.3, -0.25) is 9.78 Å². The van der Waals surface area contributed by atoms with Crippen molar-refractivity contribution in [1.82, 2.24) is 15.0 Å². The highest BCUT2D eigenvalue weighted by Crippen LogP contribution is 2.32. The summed E-state index contributed by atoms with van der Waals surface area (Å²) in [4.78, 5) is 27.1. The molecule has 6 nitrogen and oxygen atoms in total. The summed E-state index contributed by atoms with van der Waals surface area (Å²) in [6.45, 7) is 5.50. The van der Waals surface area contributed by atoms with Crippen LogP contribution in [0.2, 0.25) is 5.02 Å². The number of ether oxygens (including phenoxy) is 1. The average molecular weight is 487 g/mol. The molecule has 0 aliphatic carbocycles. The van der Waals surface area contributed by atoms with Crippen LogP contribution in [-0.2, 0) is 4.74 Å². The zero-order valence-electron chi connectivity index (χ0n) is 19.8. The number of nitrogens with one attached hydrogen (secondary N) is 1. The van der Waals surface area contributed by atoms with Crippen LogP contribution in [0.4, 0.5) is 11.5 Å². The molecule has 35 heavy (non-hydrogen) atoms. The lowest BCUT2D eigenvalue weighted by Crippen LogP contribution is -2.25. The van der Waals surface area contributed by atoms with Crippen molar-refractivity contribution in [3.8, 4) is 11.3 Å². The van der Waals surface area contributed by atoms with E-state index in [-0.39, 0.29) is 17.5 Å². The predicted octanol–water partition coefficient (Wildman–Crippen LogP) is 6.82. The first-order chi connectivity index (χ1) is 17.0. The molecule has 1 saturated heterocycles. The van der Waals surface area contributed by atoms with Crippen LogP contribution in [0.5, 0.6) is 0 Å². The Labute approximate surface area is 209 Å². The minimum atomic E-state index is -0.132. The second-order valence-electron chi connectivity index (χ2n) is 9.11. The monoisotopic (exact) mass is 486 g/mol. The molecule has 0 amide bonds. The number of fused-ring (bicyclic) bond motifs is 1. The number of Topliss-reactive ketones (excluding diaryl/α,β-unsaturated/α-hetero) is 1. The quantitative estimate of drug-likeness (QED) is 0.301. The normalized spacial score (nSPS) is 14.4. The van der Waals surface area contributed by atoms with Crippen molar-refractivity contribution in [2.75, 3.05) is 18.5 Å². The van der Waals surface area contributed by atoms with Gasteiger partial charge in [0.15, 0.2) is 5.82 Å². The second-order valence-corrected chi connectivity index (χ2v) is 9.52. The van der Waals surface area contributed by atoms with Gasteiger partial charge in [0.2, 0.25) is 5.78 Å². The molecule has 1 fully saturated rings. The SMILES string of the molecule is CC(C)c1ccc(Nc2nc(C(=O)C3CCOCC3)nc3cc(-c4ncccc4Cl)ccc23)cc1. The van der Waals surface area contributed by atoms with Gasteiger partial charge in [-0.15, -0.1) is 0 Å². The van der Waals surface area contributed by atoms with Gasteiger partial charge in [-0.1, -0.05) is 43.6 Å². The molecule has 0 bridgehead atoms. The predicted molar refractivity (Wildman–Crippen MR) is 139 cm³/mol. The highest BCUT2D eigenvalue weighted by atomic mass is 35.5. The zero-order chi connectivity index (χ0) is 24.4. The van der Waals surface area contributed by atoms with Gasteiger partial charge in [0.1, 0.15) is 5.82 Å². The van der Waals surface area contributed by atoms with Crippen LogP contribution < -0.4 is 5.32 Å². The molecule has 0 saturated carbocycles. The summed E-state index contributed by atoms with van der Waals surface area (Å²) < 4.78 is 5.44. The van der Waals surface area contributed by atoms with Crippen molar-refractivity contribution >= 4 is 39.8 Å². The van der Waals surface area contributed by atoms with E-state index in [4.69, 9.17) is 26.3 Å². The van der Waals surface area contributed by atoms with Crippen molar-refractivity contribution in [2.24, 2.45) is 5.92 Å². The number of carbonyl (C=O) groups is 1. The number of anilines is 2. The standard InChI is InChI=1S/C28H27ClN4O2/c1-17(2)18-5-8-21(9-6-18)31-27-22-10-7-20(25-23(29)4-3-13-30-25)16-24(22)32-28(33-27)26(34)19-11-14-35-15-12-19/h3-10,13,16-17,19H,11-12,14-15H2,1-2H3,(H,31,32,33). The van der Waals surface area contributed by atoms with E-state index in [0.29, 0.717) is 54.0 Å². The van der Waals surface area contributed by atoms with Crippen molar-refractivity contribution in [2.45, 2.75) is 32.6 Å². The molecule has 2 aromatic carbocycles. The van der Waals surface area contributed by atoms with Gasteiger partial charge in [-0.2, -0.15) is 0 Å². The number of hydrogen-bond acceptors (Lipinski definition) is 6. The largest absolute Gasteiger partial charge is 0.381 e. The Bertz CT molecular complexity index is 1370. The number of ketones is 1. The molecule has 0 radical (unpaired) electrons. The Morgan fingerprint density at radius 1 is 1.06 bits per heavy atom. The molecule has 3 heterocycles. The molecule has 178 valence electrons. The van der Waals surface area contributed by atoms with Crippen LogP contribution in [0, 0.1) is 5.92 Å². The maximum absolute atomic E-state index is 13.3. The fraction of sp³-hybridized carbons (Fsp3) is 0.286. The van der Waals surface area contributed by atoms with Crippen molar-refractivity contribution in [3.05, 3.63) is 77.2 Å². The number of benzene rings is 2. The number of nitrogens with zero attached hydrogens (tertiary/aromatic N) is 3. The van der Waals surface area contributed by atoms with Gasteiger partial charge >= 0.3 is 0 Å². The average Bonchev–Trinajstić information content (AvgIpc) is 2.89. The first kappa shape index (κ1) is 23.4. The summed E-state index contributed by atoms with van der Waals surface area (Å²) in [5.41, 5.74) is 4.33. The molecule has 2 aromatic heterocycles. The molecule has 4 aromatic rings. The van der Waals surface area contributed by atoms with E-state index in [0.717, 1.165) is 16.6 Å². The number of carbonyl (C=O) groups excluding carboxylic acids is 1. The number of rotatable bonds is 6. The third-order valence-electron chi connectivity index (χ3n) is 6.38. The van der Waals surface area contributed by atoms with Crippen molar-refractivity contribution in [3.63, 3.8) is 0 Å². The highest BCUT2D eigenvalue weighted by Gasteiger charge is 2.26. The zero-order valence-corrected chi connectivity index (χ0v) is 20.5. The van der Waals surface area contributed by atoms with Gasteiger partial charge < -0.3 is 10.1 Å². The molecule has 5 rings (SSSR count). The molecule has 1 N–H and O–H groups in total. The van der Waals surface area contributed by atoms with Crippen LogP contribution in [0.15, 0.2) is 60.8 Å². The lowest BCUT2D eigenvalue weighted by molar-refractivity contribution is 0.0538. The summed E-state index contributed by atoms with van der Waals surface area (Å²) in [5.74, 6) is 1.09. The molecular formula is C28H27ClN4O2. The smallest absolute Gasteiger partial charge is 0.203 e. The molecular weight excluding hydrogens is 460 g/mol. The van der Waals surface area contributed by atoms with Crippen LogP contribution in [0.3, 0.4) is 0 Å². The molecule has 1 aliphatic heterocycles. The van der Waals surface area contributed by atoms with E-state index < -0.39 is 0 Å². The maximum Gasteiger partial charge on any atom is 0.203 e. The third-order valence-corrected chi connectivity index (χ3v) is 6.69. The summed E-state index contributed by atoms with van der Waals surface area (Å²) in [6.07, 6.45) is 3.08. The lowest BCUT2D eigenvalue weighted by Gasteiger charge is -2.20. The van der Waals surface area contributed by atoms with E-state index >= 15 is 0 Å². The molecule has 0 atom stereocenters. The Morgan fingerprint density at radius 3 is 2.54 bits per heavy atom. The highest BCUT2D eigenvalue weighted by molar-refractivity contribution is 6.33. The molecule has 1 aliphatic rings. The maximum atomic E-state index is 13.3. The van der Waals surface area contributed by atoms with E-state index in [1.165, 1.54) is 5.56 Å². The van der Waals surface area contributed by atoms with E-state index in [1.807, 2.05) is 36.4 Å². The Hall–Kier alpha value is -3.35. The second kappa shape index (κ2) is 10.1. The first-order valence-electron chi connectivity index (χ1n) is 11.9. The summed E-state index contributed by atoms with van der Waals surface area (Å²) in [6, 6.07) is 17.7. The minimum Gasteiger partial charge on any atom is -0.381 e. The summed E-state index contributed by atoms with van der Waals surface area (Å²) in [7, 11) is 0. The van der Waals surface area contributed by atoms with E-state index in [9.17, 15) is 4.79 Å². The van der Waals surface area contributed by atoms with Gasteiger partial charge in [-0.25, -0.2) is 9.97 Å². The number of aromatic nitrogens is 3. The first-order valence-corrected chi connectivity index (χ1v) is 12.3. The van der Waals surface area contributed by atoms with Gasteiger partial charge in [0, 0.05) is 42.0 Å². The summed E-state index contributed by atoms with van der Waals surface area (Å²) in [5, 5.41) is 4.79.